The average Bonchev–Trinajstić information content (AvgIpc) is 2.63. The lowest BCUT2D eigenvalue weighted by Crippen LogP contribution is -2.08. The molecule has 1 heterocycles. The molecule has 0 amide bonds. The van der Waals surface area contributed by atoms with Crippen LogP contribution < -0.4 is 0 Å². The Balaban J connectivity index is 2.21. The van der Waals surface area contributed by atoms with E-state index in [-0.39, 0.29) is 6.54 Å². The number of hydrogen-bond donors (Lipinski definition) is 0. The molecule has 0 aliphatic heterocycles. The number of hydrogen-bond acceptors (Lipinski definition) is 1. The second-order valence-electron chi connectivity index (χ2n) is 3.67. The highest BCUT2D eigenvalue weighted by Gasteiger charge is 2.33. The molecule has 0 aliphatic rings. The lowest BCUT2D eigenvalue weighted by molar-refractivity contribution is -0.141. The van der Waals surface area contributed by atoms with E-state index in [4.69, 9.17) is 0 Å². The Morgan fingerprint density at radius 3 is 2.50 bits per heavy atom. The summed E-state index contributed by atoms with van der Waals surface area (Å²) in [6.07, 6.45) is -3.25. The minimum absolute atomic E-state index is 0.0758. The van der Waals surface area contributed by atoms with Gasteiger partial charge in [0.15, 0.2) is 5.69 Å². The molecular weight excluding hydrogens is 316 g/mol. The molecule has 2 rings (SSSR count). The normalized spacial score (nSPS) is 11.8. The zero-order valence-corrected chi connectivity index (χ0v) is 10.5. The average molecular weight is 323 g/mol. The van der Waals surface area contributed by atoms with Crippen molar-refractivity contribution in [3.63, 3.8) is 0 Å². The molecule has 96 valence electrons. The van der Waals surface area contributed by atoms with Gasteiger partial charge in [0, 0.05) is 10.7 Å². The molecule has 1 aromatic heterocycles. The van der Waals surface area contributed by atoms with Crippen LogP contribution in [0.3, 0.4) is 0 Å². The van der Waals surface area contributed by atoms with Gasteiger partial charge in [0.25, 0.3) is 0 Å². The van der Waals surface area contributed by atoms with Gasteiger partial charge in [0.05, 0.1) is 6.54 Å². The maximum absolute atomic E-state index is 13.1. The summed E-state index contributed by atoms with van der Waals surface area (Å²) < 4.78 is 51.7. The first kappa shape index (κ1) is 13.1. The van der Waals surface area contributed by atoms with Gasteiger partial charge in [-0.05, 0) is 29.8 Å². The van der Waals surface area contributed by atoms with Crippen molar-refractivity contribution in [1.29, 1.82) is 0 Å². The molecule has 0 bridgehead atoms. The zero-order chi connectivity index (χ0) is 13.3. The first-order chi connectivity index (χ1) is 8.34. The third-order valence-electron chi connectivity index (χ3n) is 2.20. The van der Waals surface area contributed by atoms with Crippen LogP contribution >= 0.6 is 15.9 Å². The molecule has 2 aromatic rings. The number of benzene rings is 1. The molecule has 0 saturated heterocycles. The second-order valence-corrected chi connectivity index (χ2v) is 4.59. The van der Waals surface area contributed by atoms with Gasteiger partial charge in [-0.3, -0.25) is 4.68 Å². The van der Waals surface area contributed by atoms with Crippen molar-refractivity contribution in [3.05, 3.63) is 52.0 Å². The summed E-state index contributed by atoms with van der Waals surface area (Å²) in [5.41, 5.74) is -0.434. The predicted molar refractivity (Wildman–Crippen MR) is 60.4 cm³/mol. The number of nitrogens with zero attached hydrogens (tertiary/aromatic N) is 2. The van der Waals surface area contributed by atoms with E-state index >= 15 is 0 Å². The highest BCUT2D eigenvalue weighted by atomic mass is 79.9. The van der Waals surface area contributed by atoms with Crippen molar-refractivity contribution in [3.8, 4) is 0 Å². The maximum Gasteiger partial charge on any atom is 0.435 e. The third kappa shape index (κ3) is 3.10. The number of rotatable bonds is 2. The number of aromatic nitrogens is 2. The summed E-state index contributed by atoms with van der Waals surface area (Å²) >= 11 is 3.11. The van der Waals surface area contributed by atoms with Crippen molar-refractivity contribution in [2.75, 3.05) is 0 Å². The van der Waals surface area contributed by atoms with Crippen molar-refractivity contribution >= 4 is 15.9 Å². The smallest absolute Gasteiger partial charge is 0.268 e. The summed E-state index contributed by atoms with van der Waals surface area (Å²) in [5, 5.41) is 3.39. The second kappa shape index (κ2) is 4.72. The zero-order valence-electron chi connectivity index (χ0n) is 8.88. The lowest BCUT2D eigenvalue weighted by Gasteiger charge is -2.04. The van der Waals surface area contributed by atoms with Gasteiger partial charge in [-0.25, -0.2) is 4.39 Å². The highest BCUT2D eigenvalue weighted by Crippen LogP contribution is 2.27. The van der Waals surface area contributed by atoms with Crippen LogP contribution in [-0.2, 0) is 12.7 Å². The molecule has 0 N–H and O–H groups in total. The quantitative estimate of drug-likeness (QED) is 0.768. The van der Waals surface area contributed by atoms with Gasteiger partial charge in [-0.2, -0.15) is 18.3 Å². The van der Waals surface area contributed by atoms with Crippen LogP contribution in [0.1, 0.15) is 11.3 Å². The molecule has 0 atom stereocenters. The van der Waals surface area contributed by atoms with Crippen LogP contribution in [0.25, 0.3) is 0 Å². The summed E-state index contributed by atoms with van der Waals surface area (Å²) in [4.78, 5) is 0. The van der Waals surface area contributed by atoms with Crippen molar-refractivity contribution < 1.29 is 17.6 Å². The van der Waals surface area contributed by atoms with Crippen molar-refractivity contribution in [2.45, 2.75) is 12.7 Å². The minimum atomic E-state index is -4.46. The predicted octanol–water partition coefficient (Wildman–Crippen LogP) is 3.85. The van der Waals surface area contributed by atoms with Gasteiger partial charge < -0.3 is 0 Å². The van der Waals surface area contributed by atoms with E-state index in [9.17, 15) is 17.6 Å². The van der Waals surface area contributed by atoms with E-state index in [0.29, 0.717) is 10.0 Å². The fourth-order valence-electron chi connectivity index (χ4n) is 1.49. The van der Waals surface area contributed by atoms with Crippen LogP contribution in [0, 0.1) is 5.82 Å². The largest absolute Gasteiger partial charge is 0.435 e. The van der Waals surface area contributed by atoms with E-state index in [1.807, 2.05) is 0 Å². The molecule has 0 radical (unpaired) electrons. The van der Waals surface area contributed by atoms with Gasteiger partial charge in [-0.15, -0.1) is 0 Å². The molecule has 0 unspecified atom stereocenters. The van der Waals surface area contributed by atoms with E-state index in [2.05, 4.69) is 21.0 Å². The topological polar surface area (TPSA) is 17.8 Å². The molecule has 2 nitrogen and oxygen atoms in total. The molecule has 0 fully saturated rings. The van der Waals surface area contributed by atoms with Crippen LogP contribution in [0.5, 0.6) is 0 Å². The summed E-state index contributed by atoms with van der Waals surface area (Å²) in [7, 11) is 0. The Morgan fingerprint density at radius 2 is 1.94 bits per heavy atom. The first-order valence-electron chi connectivity index (χ1n) is 4.90. The lowest BCUT2D eigenvalue weighted by atomic mass is 10.2. The number of halogens is 5. The van der Waals surface area contributed by atoms with E-state index < -0.39 is 17.7 Å². The molecule has 7 heteroatoms. The molecule has 0 spiro atoms. The van der Waals surface area contributed by atoms with Gasteiger partial charge >= 0.3 is 6.18 Å². The first-order valence-corrected chi connectivity index (χ1v) is 5.69. The SMILES string of the molecule is Fc1cc(Br)cc(Cn2ccc(C(F)(F)F)n2)c1. The summed E-state index contributed by atoms with van der Waals surface area (Å²) in [5.74, 6) is -0.456. The van der Waals surface area contributed by atoms with Crippen LogP contribution in [0.2, 0.25) is 0 Å². The summed E-state index contributed by atoms with van der Waals surface area (Å²) in [6, 6.07) is 5.03. The van der Waals surface area contributed by atoms with Crippen molar-refractivity contribution in [2.24, 2.45) is 0 Å². The van der Waals surface area contributed by atoms with Gasteiger partial charge in [0.1, 0.15) is 5.82 Å². The highest BCUT2D eigenvalue weighted by molar-refractivity contribution is 9.10. The third-order valence-corrected chi connectivity index (χ3v) is 2.66. The van der Waals surface area contributed by atoms with Crippen LogP contribution in [0.4, 0.5) is 17.6 Å². The minimum Gasteiger partial charge on any atom is -0.268 e. The number of alkyl halides is 3. The maximum atomic E-state index is 13.1. The van der Waals surface area contributed by atoms with Crippen LogP contribution in [0.15, 0.2) is 34.9 Å². The fraction of sp³-hybridized carbons (Fsp3) is 0.182. The molecule has 0 aliphatic carbocycles. The van der Waals surface area contributed by atoms with E-state index in [1.54, 1.807) is 6.07 Å². The summed E-state index contributed by atoms with van der Waals surface area (Å²) in [6.45, 7) is 0.0758. The molecule has 18 heavy (non-hydrogen) atoms. The Bertz CT molecular complexity index is 542. The van der Waals surface area contributed by atoms with Gasteiger partial charge in [-0.1, -0.05) is 15.9 Å². The molecule has 1 aromatic carbocycles. The van der Waals surface area contributed by atoms with E-state index in [1.165, 1.54) is 18.3 Å². The Labute approximate surface area is 108 Å². The van der Waals surface area contributed by atoms with Gasteiger partial charge in [0.2, 0.25) is 0 Å². The van der Waals surface area contributed by atoms with E-state index in [0.717, 1.165) is 10.7 Å². The van der Waals surface area contributed by atoms with Crippen molar-refractivity contribution in [1.82, 2.24) is 9.78 Å². The Kier molecular flexibility index (Phi) is 3.43. The molecule has 0 saturated carbocycles. The fourth-order valence-corrected chi connectivity index (χ4v) is 2.00. The standard InChI is InChI=1S/C11H7BrF4N2/c12-8-3-7(4-9(13)5-8)6-18-2-1-10(17-18)11(14,15)16/h1-5H,6H2. The van der Waals surface area contributed by atoms with Crippen LogP contribution in [-0.4, -0.2) is 9.78 Å². The Hall–Kier alpha value is -1.37. The molecular formula is C11H7BrF4N2. The monoisotopic (exact) mass is 322 g/mol. The Morgan fingerprint density at radius 1 is 1.22 bits per heavy atom.